The lowest BCUT2D eigenvalue weighted by atomic mass is 9.85. The molecule has 2 heteroatoms. The second-order valence-corrected chi connectivity index (χ2v) is 5.83. The summed E-state index contributed by atoms with van der Waals surface area (Å²) in [6.45, 7) is 10.1. The third-order valence-corrected chi connectivity index (χ3v) is 3.30. The van der Waals surface area contributed by atoms with Gasteiger partial charge in [-0.2, -0.15) is 0 Å². The Balaban J connectivity index is 2.29. The number of hydrogen-bond donors (Lipinski definition) is 2. The highest BCUT2D eigenvalue weighted by Gasteiger charge is 2.26. The van der Waals surface area contributed by atoms with Gasteiger partial charge in [0.25, 0.3) is 0 Å². The predicted octanol–water partition coefficient (Wildman–Crippen LogP) is 3.64. The summed E-state index contributed by atoms with van der Waals surface area (Å²) in [6.07, 6.45) is 1.16. The number of hydrogen-bond acceptors (Lipinski definition) is 2. The van der Waals surface area contributed by atoms with Gasteiger partial charge in [0.15, 0.2) is 0 Å². The van der Waals surface area contributed by atoms with Crippen molar-refractivity contribution in [1.82, 2.24) is 0 Å². The lowest BCUT2D eigenvalue weighted by Gasteiger charge is -2.31. The second-order valence-electron chi connectivity index (χ2n) is 5.83. The van der Waals surface area contributed by atoms with Gasteiger partial charge >= 0.3 is 0 Å². The van der Waals surface area contributed by atoms with E-state index in [0.29, 0.717) is 11.5 Å². The summed E-state index contributed by atoms with van der Waals surface area (Å²) in [7, 11) is 0. The Morgan fingerprint density at radius 2 is 1.94 bits per heavy atom. The van der Waals surface area contributed by atoms with E-state index >= 15 is 0 Å². The summed E-state index contributed by atoms with van der Waals surface area (Å²) in [5, 5.41) is 7.17. The van der Waals surface area contributed by atoms with Crippen molar-refractivity contribution in [2.75, 3.05) is 17.2 Å². The molecule has 1 heterocycles. The van der Waals surface area contributed by atoms with Crippen LogP contribution in [0.5, 0.6) is 0 Å². The molecule has 0 saturated carbocycles. The zero-order valence-corrected chi connectivity index (χ0v) is 10.7. The molecule has 0 fully saturated rings. The molecule has 88 valence electrons. The van der Waals surface area contributed by atoms with Crippen LogP contribution in [0.3, 0.4) is 0 Å². The molecular weight excluding hydrogens is 196 g/mol. The van der Waals surface area contributed by atoms with Crippen molar-refractivity contribution in [3.05, 3.63) is 23.8 Å². The molecule has 1 aromatic carbocycles. The van der Waals surface area contributed by atoms with E-state index in [2.05, 4.69) is 56.5 Å². The SMILES string of the molecule is Cc1ccc2c(c1)NC(C(C)(C)C)CCN2. The van der Waals surface area contributed by atoms with Crippen molar-refractivity contribution in [3.8, 4) is 0 Å². The Bertz CT molecular complexity index is 377. The second kappa shape index (κ2) is 4.00. The van der Waals surface area contributed by atoms with Crippen molar-refractivity contribution < 1.29 is 0 Å². The maximum atomic E-state index is 3.68. The van der Waals surface area contributed by atoms with Crippen LogP contribution < -0.4 is 10.6 Å². The molecule has 2 N–H and O–H groups in total. The van der Waals surface area contributed by atoms with Gasteiger partial charge in [-0.1, -0.05) is 26.8 Å². The average Bonchev–Trinajstić information content (AvgIpc) is 2.38. The normalized spacial score (nSPS) is 20.4. The molecule has 0 amide bonds. The zero-order valence-electron chi connectivity index (χ0n) is 10.7. The van der Waals surface area contributed by atoms with E-state index < -0.39 is 0 Å². The van der Waals surface area contributed by atoms with Crippen LogP contribution in [0, 0.1) is 12.3 Å². The summed E-state index contributed by atoms with van der Waals surface area (Å²) in [5.41, 5.74) is 4.09. The van der Waals surface area contributed by atoms with Gasteiger partial charge in [0, 0.05) is 12.6 Å². The molecule has 0 radical (unpaired) electrons. The molecule has 2 nitrogen and oxygen atoms in total. The molecular formula is C14H22N2. The average molecular weight is 218 g/mol. The molecule has 0 bridgehead atoms. The van der Waals surface area contributed by atoms with E-state index in [1.165, 1.54) is 16.9 Å². The fourth-order valence-electron chi connectivity index (χ4n) is 2.19. The smallest absolute Gasteiger partial charge is 0.0581 e. The maximum Gasteiger partial charge on any atom is 0.0581 e. The standard InChI is InChI=1S/C14H22N2/c1-10-5-6-11-12(9-10)16-13(7-8-15-11)14(2,3)4/h5-6,9,13,15-16H,7-8H2,1-4H3. The van der Waals surface area contributed by atoms with Crippen LogP contribution in [-0.4, -0.2) is 12.6 Å². The topological polar surface area (TPSA) is 24.1 Å². The Hall–Kier alpha value is -1.18. The number of benzene rings is 1. The summed E-state index contributed by atoms with van der Waals surface area (Å²) in [5.74, 6) is 0. The quantitative estimate of drug-likeness (QED) is 0.694. The minimum atomic E-state index is 0.299. The summed E-state index contributed by atoms with van der Waals surface area (Å²) in [6, 6.07) is 7.09. The lowest BCUT2D eigenvalue weighted by molar-refractivity contribution is 0.332. The summed E-state index contributed by atoms with van der Waals surface area (Å²) in [4.78, 5) is 0. The lowest BCUT2D eigenvalue weighted by Crippen LogP contribution is -2.34. The molecule has 1 aliphatic heterocycles. The summed E-state index contributed by atoms with van der Waals surface area (Å²) < 4.78 is 0. The molecule has 1 aliphatic rings. The molecule has 0 saturated heterocycles. The van der Waals surface area contributed by atoms with Crippen LogP contribution in [0.15, 0.2) is 18.2 Å². The highest BCUT2D eigenvalue weighted by molar-refractivity contribution is 5.70. The van der Waals surface area contributed by atoms with E-state index in [-0.39, 0.29) is 0 Å². The van der Waals surface area contributed by atoms with E-state index in [1.807, 2.05) is 0 Å². The molecule has 16 heavy (non-hydrogen) atoms. The van der Waals surface area contributed by atoms with E-state index in [1.54, 1.807) is 0 Å². The molecule has 0 aliphatic carbocycles. The zero-order chi connectivity index (χ0) is 11.8. The van der Waals surface area contributed by atoms with Crippen LogP contribution in [0.25, 0.3) is 0 Å². The van der Waals surface area contributed by atoms with E-state index in [4.69, 9.17) is 0 Å². The van der Waals surface area contributed by atoms with Crippen LogP contribution in [0.2, 0.25) is 0 Å². The van der Waals surface area contributed by atoms with Crippen molar-refractivity contribution in [1.29, 1.82) is 0 Å². The van der Waals surface area contributed by atoms with Gasteiger partial charge in [0.2, 0.25) is 0 Å². The Labute approximate surface area is 98.4 Å². The monoisotopic (exact) mass is 218 g/mol. The fourth-order valence-corrected chi connectivity index (χ4v) is 2.19. The third-order valence-electron chi connectivity index (χ3n) is 3.30. The molecule has 2 rings (SSSR count). The minimum absolute atomic E-state index is 0.299. The van der Waals surface area contributed by atoms with Gasteiger partial charge in [-0.3, -0.25) is 0 Å². The summed E-state index contributed by atoms with van der Waals surface area (Å²) >= 11 is 0. The van der Waals surface area contributed by atoms with Crippen molar-refractivity contribution in [2.45, 2.75) is 40.2 Å². The Morgan fingerprint density at radius 3 is 2.62 bits per heavy atom. The molecule has 1 atom stereocenters. The van der Waals surface area contributed by atoms with Gasteiger partial charge in [-0.15, -0.1) is 0 Å². The van der Waals surface area contributed by atoms with Gasteiger partial charge in [0.1, 0.15) is 0 Å². The van der Waals surface area contributed by atoms with Gasteiger partial charge in [-0.05, 0) is 36.5 Å². The predicted molar refractivity (Wildman–Crippen MR) is 71.2 cm³/mol. The fraction of sp³-hybridized carbons (Fsp3) is 0.571. The largest absolute Gasteiger partial charge is 0.383 e. The number of aryl methyl sites for hydroxylation is 1. The highest BCUT2D eigenvalue weighted by atomic mass is 15.0. The Kier molecular flexibility index (Phi) is 2.83. The van der Waals surface area contributed by atoms with Crippen molar-refractivity contribution in [2.24, 2.45) is 5.41 Å². The number of nitrogens with one attached hydrogen (secondary N) is 2. The Morgan fingerprint density at radius 1 is 1.19 bits per heavy atom. The molecule has 0 aromatic heterocycles. The minimum Gasteiger partial charge on any atom is -0.383 e. The first kappa shape index (κ1) is 11.3. The van der Waals surface area contributed by atoms with E-state index in [0.717, 1.165) is 13.0 Å². The number of fused-ring (bicyclic) bond motifs is 1. The van der Waals surface area contributed by atoms with Gasteiger partial charge in [0.05, 0.1) is 11.4 Å². The van der Waals surface area contributed by atoms with Crippen LogP contribution in [0.4, 0.5) is 11.4 Å². The van der Waals surface area contributed by atoms with Gasteiger partial charge in [-0.25, -0.2) is 0 Å². The van der Waals surface area contributed by atoms with Crippen LogP contribution in [-0.2, 0) is 0 Å². The van der Waals surface area contributed by atoms with Crippen LogP contribution >= 0.6 is 0 Å². The van der Waals surface area contributed by atoms with Crippen molar-refractivity contribution >= 4 is 11.4 Å². The third kappa shape index (κ3) is 2.31. The van der Waals surface area contributed by atoms with Crippen molar-refractivity contribution in [3.63, 3.8) is 0 Å². The number of anilines is 2. The van der Waals surface area contributed by atoms with Crippen LogP contribution in [0.1, 0.15) is 32.8 Å². The maximum absolute atomic E-state index is 3.68. The first-order valence-electron chi connectivity index (χ1n) is 6.08. The van der Waals surface area contributed by atoms with Gasteiger partial charge < -0.3 is 10.6 Å². The number of rotatable bonds is 0. The molecule has 0 spiro atoms. The highest BCUT2D eigenvalue weighted by Crippen LogP contribution is 2.32. The molecule has 1 unspecified atom stereocenters. The van der Waals surface area contributed by atoms with E-state index in [9.17, 15) is 0 Å². The first-order valence-corrected chi connectivity index (χ1v) is 6.08. The first-order chi connectivity index (χ1) is 7.47. The molecule has 1 aromatic rings.